The zero-order chi connectivity index (χ0) is 16.9. The number of alkyl halides is 3. The number of hydrogen-bond acceptors (Lipinski definition) is 3. The summed E-state index contributed by atoms with van der Waals surface area (Å²) in [6.07, 6.45) is -8.77. The molecule has 1 aromatic carbocycles. The van der Waals surface area contributed by atoms with Gasteiger partial charge in [-0.1, -0.05) is 23.2 Å². The fraction of sp³-hybridized carbons (Fsp3) is 0.462. The van der Waals surface area contributed by atoms with Gasteiger partial charge >= 0.3 is 6.18 Å². The van der Waals surface area contributed by atoms with Crippen LogP contribution in [0, 0.1) is 0 Å². The highest BCUT2D eigenvalue weighted by molar-refractivity contribution is 6.34. The first kappa shape index (κ1) is 18.9. The molecule has 4 nitrogen and oxygen atoms in total. The SMILES string of the molecule is C[C@@H](Oc1cc(Cl)cc(Cl)c1)C(=O)NCC[C@H](O)C(F)(F)F. The fourth-order valence-electron chi connectivity index (χ4n) is 1.49. The molecule has 0 aliphatic heterocycles. The molecule has 1 aromatic rings. The third kappa shape index (κ3) is 6.29. The van der Waals surface area contributed by atoms with Crippen molar-refractivity contribution in [3.63, 3.8) is 0 Å². The van der Waals surface area contributed by atoms with Crippen molar-refractivity contribution in [2.45, 2.75) is 31.7 Å². The molecule has 0 aliphatic carbocycles. The molecule has 124 valence electrons. The maximum absolute atomic E-state index is 12.1. The molecule has 0 aliphatic rings. The van der Waals surface area contributed by atoms with Crippen molar-refractivity contribution in [3.05, 3.63) is 28.2 Å². The van der Waals surface area contributed by atoms with Gasteiger partial charge in [-0.25, -0.2) is 0 Å². The average Bonchev–Trinajstić information content (AvgIpc) is 2.35. The van der Waals surface area contributed by atoms with Crippen LogP contribution in [0.5, 0.6) is 5.75 Å². The molecule has 0 aromatic heterocycles. The number of rotatable bonds is 6. The van der Waals surface area contributed by atoms with Crippen molar-refractivity contribution in [1.82, 2.24) is 5.32 Å². The van der Waals surface area contributed by atoms with E-state index in [9.17, 15) is 18.0 Å². The second-order valence-corrected chi connectivity index (χ2v) is 5.38. The Balaban J connectivity index is 2.45. The molecule has 0 bridgehead atoms. The zero-order valence-corrected chi connectivity index (χ0v) is 13.0. The largest absolute Gasteiger partial charge is 0.481 e. The molecule has 0 spiro atoms. The van der Waals surface area contributed by atoms with Gasteiger partial charge in [0.15, 0.2) is 12.2 Å². The van der Waals surface area contributed by atoms with Crippen LogP contribution in [-0.2, 0) is 4.79 Å². The Labute approximate surface area is 135 Å². The molecule has 0 unspecified atom stereocenters. The summed E-state index contributed by atoms with van der Waals surface area (Å²) in [5.41, 5.74) is 0. The van der Waals surface area contributed by atoms with Crippen molar-refractivity contribution in [3.8, 4) is 5.75 Å². The first-order valence-corrected chi connectivity index (χ1v) is 7.00. The van der Waals surface area contributed by atoms with Gasteiger partial charge in [0.25, 0.3) is 5.91 Å². The minimum absolute atomic E-state index is 0.260. The van der Waals surface area contributed by atoms with Crippen molar-refractivity contribution in [2.75, 3.05) is 6.54 Å². The van der Waals surface area contributed by atoms with Crippen LogP contribution < -0.4 is 10.1 Å². The van der Waals surface area contributed by atoms with Crippen LogP contribution in [-0.4, -0.2) is 35.9 Å². The molecule has 1 amide bonds. The highest BCUT2D eigenvalue weighted by Gasteiger charge is 2.37. The van der Waals surface area contributed by atoms with E-state index in [1.165, 1.54) is 25.1 Å². The third-order valence-electron chi connectivity index (χ3n) is 2.61. The summed E-state index contributed by atoms with van der Waals surface area (Å²) in [4.78, 5) is 11.7. The summed E-state index contributed by atoms with van der Waals surface area (Å²) in [5.74, 6) is -0.360. The molecule has 0 radical (unpaired) electrons. The number of halogens is 5. The van der Waals surface area contributed by atoms with Crippen molar-refractivity contribution >= 4 is 29.1 Å². The highest BCUT2D eigenvalue weighted by Crippen LogP contribution is 2.25. The molecule has 0 fully saturated rings. The van der Waals surface area contributed by atoms with Crippen LogP contribution in [0.2, 0.25) is 10.0 Å². The Kier molecular flexibility index (Phi) is 6.77. The lowest BCUT2D eigenvalue weighted by Crippen LogP contribution is -2.39. The smallest absolute Gasteiger partial charge is 0.414 e. The highest BCUT2D eigenvalue weighted by atomic mass is 35.5. The Bertz CT molecular complexity index is 505. The van der Waals surface area contributed by atoms with Gasteiger partial charge in [-0.2, -0.15) is 13.2 Å². The number of benzene rings is 1. The molecule has 9 heteroatoms. The van der Waals surface area contributed by atoms with E-state index < -0.39 is 30.7 Å². The van der Waals surface area contributed by atoms with Crippen molar-refractivity contribution in [2.24, 2.45) is 0 Å². The number of hydrogen-bond donors (Lipinski definition) is 2. The molecule has 0 heterocycles. The average molecular weight is 360 g/mol. The molecule has 2 atom stereocenters. The van der Waals surface area contributed by atoms with Crippen LogP contribution in [0.15, 0.2) is 18.2 Å². The summed E-state index contributed by atoms with van der Waals surface area (Å²) < 4.78 is 41.5. The van der Waals surface area contributed by atoms with E-state index in [4.69, 9.17) is 33.0 Å². The normalized spacial score (nSPS) is 14.3. The fourth-order valence-corrected chi connectivity index (χ4v) is 2.00. The van der Waals surface area contributed by atoms with Gasteiger partial charge in [-0.05, 0) is 31.5 Å². The van der Waals surface area contributed by atoms with Gasteiger partial charge < -0.3 is 15.2 Å². The van der Waals surface area contributed by atoms with Crippen LogP contribution in [0.1, 0.15) is 13.3 Å². The van der Waals surface area contributed by atoms with Crippen molar-refractivity contribution < 1.29 is 27.8 Å². The topological polar surface area (TPSA) is 58.6 Å². The summed E-state index contributed by atoms with van der Waals surface area (Å²) in [6, 6.07) is 4.38. The van der Waals surface area contributed by atoms with Gasteiger partial charge in [-0.15, -0.1) is 0 Å². The predicted octanol–water partition coefficient (Wildman–Crippen LogP) is 3.19. The number of ether oxygens (including phenoxy) is 1. The van der Waals surface area contributed by atoms with Crippen LogP contribution in [0.3, 0.4) is 0 Å². The molecule has 2 N–H and O–H groups in total. The second kappa shape index (κ2) is 7.89. The van der Waals surface area contributed by atoms with Gasteiger partial charge in [0, 0.05) is 16.6 Å². The number of amides is 1. The van der Waals surface area contributed by atoms with E-state index in [-0.39, 0.29) is 12.3 Å². The number of carbonyl (C=O) groups excluding carboxylic acids is 1. The van der Waals surface area contributed by atoms with Crippen LogP contribution >= 0.6 is 23.2 Å². The van der Waals surface area contributed by atoms with Gasteiger partial charge in [-0.3, -0.25) is 4.79 Å². The number of aliphatic hydroxyl groups excluding tert-OH is 1. The number of nitrogens with one attached hydrogen (secondary N) is 1. The van der Waals surface area contributed by atoms with Gasteiger partial charge in [0.1, 0.15) is 5.75 Å². The monoisotopic (exact) mass is 359 g/mol. The van der Waals surface area contributed by atoms with E-state index >= 15 is 0 Å². The maximum Gasteiger partial charge on any atom is 0.414 e. The minimum atomic E-state index is -4.70. The first-order valence-electron chi connectivity index (χ1n) is 6.25. The summed E-state index contributed by atoms with van der Waals surface area (Å²) in [6.45, 7) is 1.09. The van der Waals surface area contributed by atoms with E-state index in [2.05, 4.69) is 5.32 Å². The minimum Gasteiger partial charge on any atom is -0.481 e. The molecule has 0 saturated heterocycles. The Morgan fingerprint density at radius 1 is 1.32 bits per heavy atom. The second-order valence-electron chi connectivity index (χ2n) is 4.50. The Hall–Kier alpha value is -1.18. The molecular formula is C13H14Cl2F3NO3. The summed E-state index contributed by atoms with van der Waals surface area (Å²) in [7, 11) is 0. The maximum atomic E-state index is 12.1. The molecule has 0 saturated carbocycles. The lowest BCUT2D eigenvalue weighted by Gasteiger charge is -2.17. The van der Waals surface area contributed by atoms with E-state index in [1.807, 2.05) is 0 Å². The van der Waals surface area contributed by atoms with Crippen molar-refractivity contribution in [1.29, 1.82) is 0 Å². The predicted molar refractivity (Wildman–Crippen MR) is 76.2 cm³/mol. The lowest BCUT2D eigenvalue weighted by atomic mass is 10.2. The standard InChI is InChI=1S/C13H14Cl2F3NO3/c1-7(22-10-5-8(14)4-9(15)6-10)12(21)19-3-2-11(20)13(16,17)18/h4-7,11,20H,2-3H2,1H3,(H,19,21)/t7-,11+/m1/s1. The Morgan fingerprint density at radius 2 is 1.86 bits per heavy atom. The molecular weight excluding hydrogens is 346 g/mol. The van der Waals surface area contributed by atoms with E-state index in [1.54, 1.807) is 0 Å². The summed E-state index contributed by atoms with van der Waals surface area (Å²) in [5, 5.41) is 11.7. The quantitative estimate of drug-likeness (QED) is 0.819. The van der Waals surface area contributed by atoms with Gasteiger partial charge in [0.05, 0.1) is 0 Å². The third-order valence-corrected chi connectivity index (χ3v) is 3.05. The molecule has 22 heavy (non-hydrogen) atoms. The zero-order valence-electron chi connectivity index (χ0n) is 11.5. The van der Waals surface area contributed by atoms with Crippen LogP contribution in [0.4, 0.5) is 13.2 Å². The number of aliphatic hydroxyl groups is 1. The number of carbonyl (C=O) groups is 1. The van der Waals surface area contributed by atoms with Crippen LogP contribution in [0.25, 0.3) is 0 Å². The molecule has 1 rings (SSSR count). The van der Waals surface area contributed by atoms with E-state index in [0.29, 0.717) is 10.0 Å². The lowest BCUT2D eigenvalue weighted by molar-refractivity contribution is -0.205. The Morgan fingerprint density at radius 3 is 2.36 bits per heavy atom. The summed E-state index contributed by atoms with van der Waals surface area (Å²) >= 11 is 11.5. The van der Waals surface area contributed by atoms with E-state index in [0.717, 1.165) is 0 Å². The first-order chi connectivity index (χ1) is 10.1. The van der Waals surface area contributed by atoms with Gasteiger partial charge in [0.2, 0.25) is 0 Å².